The first kappa shape index (κ1) is 12.5. The van der Waals surface area contributed by atoms with E-state index >= 15 is 0 Å². The number of rotatable bonds is 3. The predicted octanol–water partition coefficient (Wildman–Crippen LogP) is 3.06. The van der Waals surface area contributed by atoms with Crippen LogP contribution in [0, 0.1) is 22.7 Å². The predicted molar refractivity (Wildman–Crippen MR) is 67.0 cm³/mol. The van der Waals surface area contributed by atoms with Crippen molar-refractivity contribution in [1.82, 2.24) is 0 Å². The molecular weight excluding hydrogens is 266 g/mol. The minimum Gasteiger partial charge on any atom is -0.371 e. The Morgan fingerprint density at radius 2 is 2.12 bits per heavy atom. The van der Waals surface area contributed by atoms with Gasteiger partial charge >= 0.3 is 0 Å². The molecule has 1 aromatic carbocycles. The summed E-state index contributed by atoms with van der Waals surface area (Å²) in [5.41, 5.74) is 1.61. The van der Waals surface area contributed by atoms with Crippen molar-refractivity contribution in [1.29, 1.82) is 10.5 Å². The van der Waals surface area contributed by atoms with Crippen molar-refractivity contribution in [2.24, 2.45) is 0 Å². The zero-order valence-corrected chi connectivity index (χ0v) is 10.8. The lowest BCUT2D eigenvalue weighted by atomic mass is 10.1. The molecule has 0 amide bonds. The molecule has 0 aliphatic carbocycles. The van der Waals surface area contributed by atoms with Gasteiger partial charge in [0.15, 0.2) is 0 Å². The number of halogens is 1. The summed E-state index contributed by atoms with van der Waals surface area (Å²) in [7, 11) is 1.94. The lowest BCUT2D eigenvalue weighted by Gasteiger charge is -2.25. The molecule has 0 heterocycles. The van der Waals surface area contributed by atoms with Gasteiger partial charge in [0, 0.05) is 23.2 Å². The second-order valence-corrected chi connectivity index (χ2v) is 4.45. The Morgan fingerprint density at radius 3 is 2.62 bits per heavy atom. The van der Waals surface area contributed by atoms with E-state index in [0.717, 1.165) is 10.2 Å². The van der Waals surface area contributed by atoms with Gasteiger partial charge in [-0.15, -0.1) is 0 Å². The molecule has 1 rings (SSSR count). The summed E-state index contributed by atoms with van der Waals surface area (Å²) in [5.74, 6) is 0. The van der Waals surface area contributed by atoms with E-state index in [1.54, 1.807) is 6.07 Å². The molecule has 1 aromatic rings. The molecule has 3 nitrogen and oxygen atoms in total. The minimum atomic E-state index is 0.157. The quantitative estimate of drug-likeness (QED) is 0.853. The number of nitrogens with zero attached hydrogens (tertiary/aromatic N) is 3. The molecule has 4 heteroatoms. The smallest absolute Gasteiger partial charge is 0.100 e. The highest BCUT2D eigenvalue weighted by Gasteiger charge is 2.10. The van der Waals surface area contributed by atoms with Crippen LogP contribution >= 0.6 is 15.9 Å². The molecule has 0 aliphatic heterocycles. The van der Waals surface area contributed by atoms with E-state index in [9.17, 15) is 0 Å². The van der Waals surface area contributed by atoms with Gasteiger partial charge in [-0.3, -0.25) is 0 Å². The van der Waals surface area contributed by atoms with Crippen LogP contribution in [0.4, 0.5) is 5.69 Å². The summed E-state index contributed by atoms with van der Waals surface area (Å²) in [6.07, 6.45) is 0.480. The molecule has 16 heavy (non-hydrogen) atoms. The molecule has 0 aromatic heterocycles. The third kappa shape index (κ3) is 2.74. The maximum absolute atomic E-state index is 8.80. The Kier molecular flexibility index (Phi) is 4.34. The molecule has 1 unspecified atom stereocenters. The first-order chi connectivity index (χ1) is 7.60. The maximum atomic E-state index is 8.80. The first-order valence-corrected chi connectivity index (χ1v) is 5.69. The molecule has 1 atom stereocenters. The van der Waals surface area contributed by atoms with Crippen molar-refractivity contribution in [3.8, 4) is 12.1 Å². The first-order valence-electron chi connectivity index (χ1n) is 4.89. The van der Waals surface area contributed by atoms with E-state index in [2.05, 4.69) is 28.1 Å². The summed E-state index contributed by atoms with van der Waals surface area (Å²) in [6, 6.07) is 9.96. The number of hydrogen-bond donors (Lipinski definition) is 0. The van der Waals surface area contributed by atoms with Crippen LogP contribution in [0.5, 0.6) is 0 Å². The van der Waals surface area contributed by atoms with E-state index in [0.29, 0.717) is 12.0 Å². The van der Waals surface area contributed by atoms with Gasteiger partial charge in [0.2, 0.25) is 0 Å². The van der Waals surface area contributed by atoms with Crippen molar-refractivity contribution in [3.05, 3.63) is 28.2 Å². The van der Waals surface area contributed by atoms with E-state index < -0.39 is 0 Å². The highest BCUT2D eigenvalue weighted by Crippen LogP contribution is 2.24. The fourth-order valence-electron chi connectivity index (χ4n) is 1.34. The van der Waals surface area contributed by atoms with Gasteiger partial charge in [0.1, 0.15) is 6.07 Å². The number of nitriles is 2. The molecule has 0 fully saturated rings. The summed E-state index contributed by atoms with van der Waals surface area (Å²) >= 11 is 3.35. The van der Waals surface area contributed by atoms with Crippen LogP contribution in [0.3, 0.4) is 0 Å². The highest BCUT2D eigenvalue weighted by atomic mass is 79.9. The van der Waals surface area contributed by atoms with E-state index in [1.165, 1.54) is 0 Å². The Bertz CT molecular complexity index is 456. The fourth-order valence-corrected chi connectivity index (χ4v) is 1.79. The normalized spacial score (nSPS) is 11.3. The molecule has 0 saturated heterocycles. The van der Waals surface area contributed by atoms with E-state index in [4.69, 9.17) is 10.5 Å². The van der Waals surface area contributed by atoms with Gasteiger partial charge in [-0.2, -0.15) is 10.5 Å². The Labute approximate surface area is 104 Å². The molecule has 0 aliphatic rings. The zero-order valence-electron chi connectivity index (χ0n) is 9.24. The van der Waals surface area contributed by atoms with Crippen molar-refractivity contribution < 1.29 is 0 Å². The van der Waals surface area contributed by atoms with Crippen molar-refractivity contribution in [2.45, 2.75) is 19.4 Å². The lowest BCUT2D eigenvalue weighted by molar-refractivity contribution is 0.702. The lowest BCUT2D eigenvalue weighted by Crippen LogP contribution is -2.28. The Balaban J connectivity index is 2.94. The van der Waals surface area contributed by atoms with Crippen molar-refractivity contribution in [2.75, 3.05) is 11.9 Å². The van der Waals surface area contributed by atoms with Crippen LogP contribution in [0.1, 0.15) is 18.9 Å². The van der Waals surface area contributed by atoms with Gasteiger partial charge in [-0.05, 0) is 41.1 Å². The largest absolute Gasteiger partial charge is 0.371 e. The molecular formula is C12H12BrN3. The summed E-state index contributed by atoms with van der Waals surface area (Å²) in [5, 5.41) is 17.4. The van der Waals surface area contributed by atoms with Crippen LogP contribution < -0.4 is 4.90 Å². The molecule has 82 valence electrons. The number of benzene rings is 1. The maximum Gasteiger partial charge on any atom is 0.100 e. The van der Waals surface area contributed by atoms with Gasteiger partial charge in [-0.25, -0.2) is 0 Å². The SMILES string of the molecule is CC(CC#N)N(C)c1ccc(C#N)c(Br)c1. The highest BCUT2D eigenvalue weighted by molar-refractivity contribution is 9.10. The Morgan fingerprint density at radius 1 is 1.44 bits per heavy atom. The molecule has 0 spiro atoms. The van der Waals surface area contributed by atoms with Gasteiger partial charge in [0.25, 0.3) is 0 Å². The van der Waals surface area contributed by atoms with Gasteiger partial charge in [-0.1, -0.05) is 0 Å². The van der Waals surface area contributed by atoms with Crippen LogP contribution in [0.15, 0.2) is 22.7 Å². The van der Waals surface area contributed by atoms with Crippen LogP contribution in [0.25, 0.3) is 0 Å². The molecule has 0 N–H and O–H groups in total. The van der Waals surface area contributed by atoms with Gasteiger partial charge < -0.3 is 4.90 Å². The number of hydrogen-bond acceptors (Lipinski definition) is 3. The monoisotopic (exact) mass is 277 g/mol. The minimum absolute atomic E-state index is 0.157. The van der Waals surface area contributed by atoms with E-state index in [-0.39, 0.29) is 6.04 Å². The Hall–Kier alpha value is -1.52. The van der Waals surface area contributed by atoms with Crippen molar-refractivity contribution >= 4 is 21.6 Å². The summed E-state index contributed by atoms with van der Waals surface area (Å²) in [6.45, 7) is 2.00. The van der Waals surface area contributed by atoms with E-state index in [1.807, 2.05) is 31.0 Å². The van der Waals surface area contributed by atoms with Crippen molar-refractivity contribution in [3.63, 3.8) is 0 Å². The zero-order chi connectivity index (χ0) is 12.1. The average molecular weight is 278 g/mol. The third-order valence-corrected chi connectivity index (χ3v) is 3.18. The van der Waals surface area contributed by atoms with Crippen LogP contribution in [-0.2, 0) is 0 Å². The number of anilines is 1. The fraction of sp³-hybridized carbons (Fsp3) is 0.333. The second-order valence-electron chi connectivity index (χ2n) is 3.60. The molecule has 0 saturated carbocycles. The summed E-state index contributed by atoms with van der Waals surface area (Å²) in [4.78, 5) is 2.02. The molecule has 0 radical (unpaired) electrons. The standard InChI is InChI=1S/C12H12BrN3/c1-9(5-6-14)16(2)11-4-3-10(8-15)12(13)7-11/h3-4,7,9H,5H2,1-2H3. The second kappa shape index (κ2) is 5.53. The summed E-state index contributed by atoms with van der Waals surface area (Å²) < 4.78 is 0.781. The topological polar surface area (TPSA) is 50.8 Å². The third-order valence-electron chi connectivity index (χ3n) is 2.53. The van der Waals surface area contributed by atoms with Crippen LogP contribution in [-0.4, -0.2) is 13.1 Å². The van der Waals surface area contributed by atoms with Crippen LogP contribution in [0.2, 0.25) is 0 Å². The molecule has 0 bridgehead atoms. The van der Waals surface area contributed by atoms with Gasteiger partial charge in [0.05, 0.1) is 18.1 Å². The average Bonchev–Trinajstić information content (AvgIpc) is 2.28.